The lowest BCUT2D eigenvalue weighted by atomic mass is 9.93. The fourth-order valence-corrected chi connectivity index (χ4v) is 3.45. The first-order valence-electron chi connectivity index (χ1n) is 8.95. The van der Waals surface area contributed by atoms with Gasteiger partial charge in [0.1, 0.15) is 0 Å². The zero-order chi connectivity index (χ0) is 18.0. The zero-order valence-electron chi connectivity index (χ0n) is 15.9. The summed E-state index contributed by atoms with van der Waals surface area (Å²) in [5.74, 6) is 0. The molecule has 0 fully saturated rings. The zero-order valence-corrected chi connectivity index (χ0v) is 15.9. The minimum atomic E-state index is 1.29. The minimum absolute atomic E-state index is 1.29. The topological polar surface area (TPSA) is 0 Å². The van der Waals surface area contributed by atoms with Crippen molar-refractivity contribution in [3.8, 4) is 0 Å². The molecule has 126 valence electrons. The van der Waals surface area contributed by atoms with Crippen molar-refractivity contribution in [3.05, 3.63) is 89.0 Å². The molecule has 0 saturated carbocycles. The Morgan fingerprint density at radius 2 is 1.44 bits per heavy atom. The molecule has 0 unspecified atom stereocenters. The Kier molecular flexibility index (Phi) is 4.90. The van der Waals surface area contributed by atoms with Crippen LogP contribution in [0.5, 0.6) is 0 Å². The van der Waals surface area contributed by atoms with Gasteiger partial charge < -0.3 is 0 Å². The van der Waals surface area contributed by atoms with Crippen LogP contribution >= 0.6 is 0 Å². The fourth-order valence-electron chi connectivity index (χ4n) is 3.45. The second-order valence-electron chi connectivity index (χ2n) is 6.74. The van der Waals surface area contributed by atoms with E-state index in [1.807, 2.05) is 0 Å². The van der Waals surface area contributed by atoms with Gasteiger partial charge in [0.2, 0.25) is 0 Å². The van der Waals surface area contributed by atoms with Crippen molar-refractivity contribution in [2.45, 2.75) is 34.6 Å². The molecule has 0 aromatic heterocycles. The minimum Gasteiger partial charge on any atom is -0.0870 e. The molecule has 0 atom stereocenters. The summed E-state index contributed by atoms with van der Waals surface area (Å²) in [6.07, 6.45) is 6.50. The molecule has 0 saturated heterocycles. The van der Waals surface area contributed by atoms with E-state index in [0.717, 1.165) is 0 Å². The Bertz CT molecular complexity index is 1030. The average molecular weight is 326 g/mol. The molecule has 0 aliphatic heterocycles. The van der Waals surface area contributed by atoms with E-state index in [-0.39, 0.29) is 0 Å². The SMILES string of the molecule is C\C=C/C(C(/C)=C\C)=C(/C)c1ccc2c(ccc3cc(C)ccc32)c1. The highest BCUT2D eigenvalue weighted by Crippen LogP contribution is 2.31. The number of fused-ring (bicyclic) bond motifs is 3. The van der Waals surface area contributed by atoms with Crippen molar-refractivity contribution in [1.29, 1.82) is 0 Å². The summed E-state index contributed by atoms with van der Waals surface area (Å²) in [7, 11) is 0. The maximum atomic E-state index is 2.32. The van der Waals surface area contributed by atoms with Gasteiger partial charge in [0.15, 0.2) is 0 Å². The Morgan fingerprint density at radius 3 is 2.08 bits per heavy atom. The van der Waals surface area contributed by atoms with Gasteiger partial charge in [-0.05, 0) is 84.5 Å². The van der Waals surface area contributed by atoms with Crippen molar-refractivity contribution >= 4 is 27.1 Å². The van der Waals surface area contributed by atoms with E-state index in [0.29, 0.717) is 0 Å². The Hall–Kier alpha value is -2.60. The normalized spacial score (nSPS) is 13.7. The van der Waals surface area contributed by atoms with Crippen LogP contribution in [0.15, 0.2) is 77.9 Å². The summed E-state index contributed by atoms with van der Waals surface area (Å²) >= 11 is 0. The Morgan fingerprint density at radius 1 is 0.800 bits per heavy atom. The van der Waals surface area contributed by atoms with Crippen molar-refractivity contribution in [2.24, 2.45) is 0 Å². The summed E-state index contributed by atoms with van der Waals surface area (Å²) < 4.78 is 0. The van der Waals surface area contributed by atoms with E-state index >= 15 is 0 Å². The van der Waals surface area contributed by atoms with Gasteiger partial charge in [0.25, 0.3) is 0 Å². The van der Waals surface area contributed by atoms with Crippen molar-refractivity contribution < 1.29 is 0 Å². The van der Waals surface area contributed by atoms with Crippen molar-refractivity contribution in [1.82, 2.24) is 0 Å². The van der Waals surface area contributed by atoms with Crippen LogP contribution in [-0.4, -0.2) is 0 Å². The van der Waals surface area contributed by atoms with E-state index < -0.39 is 0 Å². The summed E-state index contributed by atoms with van der Waals surface area (Å²) in [4.78, 5) is 0. The predicted octanol–water partition coefficient (Wildman–Crippen LogP) is 7.62. The van der Waals surface area contributed by atoms with Crippen molar-refractivity contribution in [3.63, 3.8) is 0 Å². The van der Waals surface area contributed by atoms with Crippen LogP contribution < -0.4 is 0 Å². The standard InChI is InChI=1S/C25H26/c1-6-8-23(18(4)7-2)19(5)20-12-14-25-22(16-20)11-10-21-15-17(3)9-13-24(21)25/h6-16H,1-5H3/b8-6-,18-7-,23-19+. The first kappa shape index (κ1) is 17.2. The van der Waals surface area contributed by atoms with Crippen LogP contribution in [0.25, 0.3) is 27.1 Å². The second kappa shape index (κ2) is 7.11. The number of rotatable bonds is 3. The molecule has 0 nitrogen and oxygen atoms in total. The predicted molar refractivity (Wildman–Crippen MR) is 113 cm³/mol. The van der Waals surface area contributed by atoms with E-state index in [1.54, 1.807) is 0 Å². The molecule has 0 bridgehead atoms. The van der Waals surface area contributed by atoms with Gasteiger partial charge in [0.05, 0.1) is 0 Å². The van der Waals surface area contributed by atoms with Crippen LogP contribution in [0, 0.1) is 6.92 Å². The quantitative estimate of drug-likeness (QED) is 0.343. The average Bonchev–Trinajstić information content (AvgIpc) is 2.64. The fraction of sp³-hybridized carbons (Fsp3) is 0.200. The van der Waals surface area contributed by atoms with Gasteiger partial charge in [-0.1, -0.05) is 66.3 Å². The molecule has 0 aliphatic rings. The molecule has 3 aromatic rings. The number of aryl methyl sites for hydroxylation is 1. The Balaban J connectivity index is 2.22. The molecule has 0 amide bonds. The number of benzene rings is 3. The largest absolute Gasteiger partial charge is 0.0870 e. The molecule has 3 rings (SSSR count). The van der Waals surface area contributed by atoms with Crippen LogP contribution in [0.1, 0.15) is 38.8 Å². The van der Waals surface area contributed by atoms with E-state index in [2.05, 4.69) is 101 Å². The summed E-state index contributed by atoms with van der Waals surface area (Å²) in [6.45, 7) is 10.7. The van der Waals surface area contributed by atoms with Gasteiger partial charge in [-0.25, -0.2) is 0 Å². The van der Waals surface area contributed by atoms with Crippen molar-refractivity contribution in [2.75, 3.05) is 0 Å². The maximum Gasteiger partial charge on any atom is -0.0105 e. The third-order valence-electron chi connectivity index (χ3n) is 5.02. The number of allylic oxidation sites excluding steroid dienone is 6. The summed E-state index contributed by atoms with van der Waals surface area (Å²) in [5.41, 5.74) is 6.53. The molecule has 3 aromatic carbocycles. The molecule has 0 aliphatic carbocycles. The van der Waals surface area contributed by atoms with Crippen LogP contribution in [0.3, 0.4) is 0 Å². The summed E-state index contributed by atoms with van der Waals surface area (Å²) in [5, 5.41) is 5.26. The maximum absolute atomic E-state index is 2.32. The third-order valence-corrected chi connectivity index (χ3v) is 5.02. The second-order valence-corrected chi connectivity index (χ2v) is 6.74. The van der Waals surface area contributed by atoms with Gasteiger partial charge in [-0.15, -0.1) is 0 Å². The lowest BCUT2D eigenvalue weighted by molar-refractivity contribution is 1.38. The van der Waals surface area contributed by atoms with E-state index in [9.17, 15) is 0 Å². The lowest BCUT2D eigenvalue weighted by Crippen LogP contribution is -1.90. The van der Waals surface area contributed by atoms with Gasteiger partial charge in [-0.2, -0.15) is 0 Å². The van der Waals surface area contributed by atoms with Gasteiger partial charge in [-0.3, -0.25) is 0 Å². The summed E-state index contributed by atoms with van der Waals surface area (Å²) in [6, 6.07) is 18.0. The molecular weight excluding hydrogens is 300 g/mol. The van der Waals surface area contributed by atoms with E-state index in [1.165, 1.54) is 49.4 Å². The third kappa shape index (κ3) is 3.30. The first-order chi connectivity index (χ1) is 12.0. The highest BCUT2D eigenvalue weighted by molar-refractivity contribution is 6.08. The van der Waals surface area contributed by atoms with E-state index in [4.69, 9.17) is 0 Å². The smallest absolute Gasteiger partial charge is 0.0105 e. The highest BCUT2D eigenvalue weighted by atomic mass is 14.1. The molecule has 0 heterocycles. The lowest BCUT2D eigenvalue weighted by Gasteiger charge is -2.12. The molecular formula is C25H26. The van der Waals surface area contributed by atoms with Gasteiger partial charge >= 0.3 is 0 Å². The highest BCUT2D eigenvalue weighted by Gasteiger charge is 2.07. The molecule has 25 heavy (non-hydrogen) atoms. The van der Waals surface area contributed by atoms with Crippen LogP contribution in [-0.2, 0) is 0 Å². The van der Waals surface area contributed by atoms with Gasteiger partial charge in [0, 0.05) is 0 Å². The molecule has 0 heteroatoms. The number of hydrogen-bond donors (Lipinski definition) is 0. The molecule has 0 N–H and O–H groups in total. The monoisotopic (exact) mass is 326 g/mol. The molecule has 0 radical (unpaired) electrons. The molecule has 0 spiro atoms. The first-order valence-corrected chi connectivity index (χ1v) is 8.95. The van der Waals surface area contributed by atoms with Crippen LogP contribution in [0.4, 0.5) is 0 Å². The van der Waals surface area contributed by atoms with Crippen LogP contribution in [0.2, 0.25) is 0 Å². The Labute approximate surface area is 151 Å². The number of hydrogen-bond acceptors (Lipinski definition) is 0.